The lowest BCUT2D eigenvalue weighted by Gasteiger charge is -2.10. The summed E-state index contributed by atoms with van der Waals surface area (Å²) in [4.78, 5) is 9.88. The maximum atomic E-state index is 9.88. The van der Waals surface area contributed by atoms with E-state index in [9.17, 15) is 4.79 Å². The van der Waals surface area contributed by atoms with Crippen LogP contribution in [-0.2, 0) is 4.79 Å². The zero-order valence-electron chi connectivity index (χ0n) is 8.49. The van der Waals surface area contributed by atoms with Gasteiger partial charge >= 0.3 is 6.41 Å². The number of hydrogen-bond donors (Lipinski definition) is 1. The Hall–Kier alpha value is -1.31. The van der Waals surface area contributed by atoms with E-state index in [2.05, 4.69) is 36.5 Å². The molecule has 0 heterocycles. The molecule has 0 saturated heterocycles. The number of hydrogen-bond acceptors (Lipinski definition) is 1. The Morgan fingerprint density at radius 3 is 2.71 bits per heavy atom. The van der Waals surface area contributed by atoms with Gasteiger partial charge < -0.3 is 5.32 Å². The lowest BCUT2D eigenvalue weighted by Crippen LogP contribution is -2.12. The summed E-state index contributed by atoms with van der Waals surface area (Å²) >= 11 is 0. The molecule has 2 heteroatoms. The molecule has 1 atom stereocenters. The molecule has 1 amide bonds. The third kappa shape index (κ3) is 3.60. The Morgan fingerprint density at radius 1 is 1.36 bits per heavy atom. The van der Waals surface area contributed by atoms with Crippen molar-refractivity contribution in [2.45, 2.75) is 25.7 Å². The zero-order valence-corrected chi connectivity index (χ0v) is 8.49. The van der Waals surface area contributed by atoms with Crippen molar-refractivity contribution in [2.24, 2.45) is 0 Å². The summed E-state index contributed by atoms with van der Waals surface area (Å²) in [5.74, 6) is 0.560. The normalized spacial score (nSPS) is 12.1. The first-order valence-electron chi connectivity index (χ1n) is 4.99. The summed E-state index contributed by atoms with van der Waals surface area (Å²) in [6.07, 6.45) is 3.78. The number of rotatable bonds is 6. The summed E-state index contributed by atoms with van der Waals surface area (Å²) in [7, 11) is 0. The number of amides is 1. The molecule has 0 bridgehead atoms. The van der Waals surface area contributed by atoms with Gasteiger partial charge in [0.25, 0.3) is 0 Å². The Morgan fingerprint density at radius 2 is 2.07 bits per heavy atom. The van der Waals surface area contributed by atoms with Gasteiger partial charge in [-0.25, -0.2) is 0 Å². The molecular weight excluding hydrogens is 174 g/mol. The summed E-state index contributed by atoms with van der Waals surface area (Å²) in [6.45, 7) is 2.93. The predicted molar refractivity (Wildman–Crippen MR) is 57.8 cm³/mol. The summed E-state index contributed by atoms with van der Waals surface area (Å²) in [5.41, 5.74) is 1.36. The van der Waals surface area contributed by atoms with Crippen LogP contribution in [0.3, 0.4) is 0 Å². The lowest BCUT2D eigenvalue weighted by molar-refractivity contribution is 0.535. The average Bonchev–Trinajstić information content (AvgIpc) is 2.25. The van der Waals surface area contributed by atoms with Gasteiger partial charge in [-0.3, -0.25) is 4.79 Å². The molecule has 1 rings (SSSR count). The van der Waals surface area contributed by atoms with E-state index in [0.29, 0.717) is 5.92 Å². The largest absolute Gasteiger partial charge is 0.348 e. The molecule has 0 aliphatic rings. The van der Waals surface area contributed by atoms with Crippen LogP contribution in [0.4, 0.5) is 0 Å². The quantitative estimate of drug-likeness (QED) is 0.541. The van der Waals surface area contributed by atoms with Gasteiger partial charge in [-0.05, 0) is 24.3 Å². The van der Waals surface area contributed by atoms with Crippen LogP contribution >= 0.6 is 0 Å². The first-order valence-corrected chi connectivity index (χ1v) is 4.99. The van der Waals surface area contributed by atoms with Crippen molar-refractivity contribution in [3.63, 3.8) is 0 Å². The van der Waals surface area contributed by atoms with Gasteiger partial charge in [-0.2, -0.15) is 0 Å². The zero-order chi connectivity index (χ0) is 10.2. The Balaban J connectivity index is 2.28. The molecule has 14 heavy (non-hydrogen) atoms. The molecular formula is C12H16NO. The van der Waals surface area contributed by atoms with Crippen LogP contribution in [0.15, 0.2) is 30.3 Å². The van der Waals surface area contributed by atoms with Crippen molar-refractivity contribution < 1.29 is 4.79 Å². The van der Waals surface area contributed by atoms with Gasteiger partial charge in [0.1, 0.15) is 0 Å². The lowest BCUT2D eigenvalue weighted by atomic mass is 9.96. The molecule has 75 valence electrons. The smallest absolute Gasteiger partial charge is 0.309 e. The third-order valence-corrected chi connectivity index (χ3v) is 2.38. The molecule has 1 radical (unpaired) electrons. The van der Waals surface area contributed by atoms with Gasteiger partial charge in [0.15, 0.2) is 0 Å². The average molecular weight is 190 g/mol. The minimum atomic E-state index is 0.560. The van der Waals surface area contributed by atoms with Gasteiger partial charge in [0.05, 0.1) is 0 Å². The maximum absolute atomic E-state index is 9.88. The first kappa shape index (κ1) is 10.8. The molecule has 0 saturated carbocycles. The fourth-order valence-corrected chi connectivity index (χ4v) is 1.50. The maximum Gasteiger partial charge on any atom is 0.309 e. The van der Waals surface area contributed by atoms with E-state index in [1.54, 1.807) is 6.41 Å². The minimum Gasteiger partial charge on any atom is -0.348 e. The van der Waals surface area contributed by atoms with E-state index in [0.717, 1.165) is 19.4 Å². The predicted octanol–water partition coefficient (Wildman–Crippen LogP) is 2.23. The van der Waals surface area contributed by atoms with Crippen LogP contribution in [0.2, 0.25) is 0 Å². The van der Waals surface area contributed by atoms with E-state index < -0.39 is 0 Å². The second-order valence-electron chi connectivity index (χ2n) is 3.48. The first-order chi connectivity index (χ1) is 6.84. The van der Waals surface area contributed by atoms with Gasteiger partial charge in [0, 0.05) is 6.54 Å². The topological polar surface area (TPSA) is 29.1 Å². The molecule has 1 aromatic carbocycles. The fraction of sp³-hybridized carbons (Fsp3) is 0.417. The summed E-state index contributed by atoms with van der Waals surface area (Å²) < 4.78 is 0. The molecule has 0 aromatic heterocycles. The highest BCUT2D eigenvalue weighted by Crippen LogP contribution is 2.19. The van der Waals surface area contributed by atoms with Crippen LogP contribution in [-0.4, -0.2) is 13.0 Å². The number of nitrogens with one attached hydrogen (secondary N) is 1. The number of benzene rings is 1. The second kappa shape index (κ2) is 6.19. The fourth-order valence-electron chi connectivity index (χ4n) is 1.50. The Kier molecular flexibility index (Phi) is 4.76. The Labute approximate surface area is 85.3 Å². The van der Waals surface area contributed by atoms with Gasteiger partial charge in [-0.1, -0.05) is 37.3 Å². The molecule has 2 nitrogen and oxygen atoms in total. The minimum absolute atomic E-state index is 0.560. The van der Waals surface area contributed by atoms with Crippen molar-refractivity contribution >= 4 is 6.41 Å². The van der Waals surface area contributed by atoms with Crippen LogP contribution < -0.4 is 5.32 Å². The molecule has 1 N–H and O–H groups in total. The monoisotopic (exact) mass is 190 g/mol. The molecule has 0 aliphatic heterocycles. The molecule has 1 unspecified atom stereocenters. The van der Waals surface area contributed by atoms with Crippen molar-refractivity contribution in [3.05, 3.63) is 35.9 Å². The van der Waals surface area contributed by atoms with E-state index in [1.165, 1.54) is 5.56 Å². The van der Waals surface area contributed by atoms with Crippen LogP contribution in [0.5, 0.6) is 0 Å². The van der Waals surface area contributed by atoms with Crippen molar-refractivity contribution in [1.82, 2.24) is 5.32 Å². The second-order valence-corrected chi connectivity index (χ2v) is 3.48. The van der Waals surface area contributed by atoms with Crippen LogP contribution in [0, 0.1) is 0 Å². The van der Waals surface area contributed by atoms with Gasteiger partial charge in [-0.15, -0.1) is 0 Å². The number of carbonyl (C=O) groups excluding carboxylic acids is 1. The van der Waals surface area contributed by atoms with Gasteiger partial charge in [0.2, 0.25) is 0 Å². The summed E-state index contributed by atoms with van der Waals surface area (Å²) in [5, 5.41) is 2.55. The van der Waals surface area contributed by atoms with Crippen molar-refractivity contribution in [2.75, 3.05) is 6.54 Å². The standard InChI is InChI=1S/C12H16NO/c1-11(6-5-9-13-10-14)12-7-3-2-4-8-12/h2-4,7-8,11H,5-6,9H2,1H3,(H,13,14). The van der Waals surface area contributed by atoms with Crippen LogP contribution in [0.25, 0.3) is 0 Å². The summed E-state index contributed by atoms with van der Waals surface area (Å²) in [6, 6.07) is 10.4. The highest BCUT2D eigenvalue weighted by molar-refractivity contribution is 5.46. The Bertz CT molecular complexity index is 258. The molecule has 0 aliphatic carbocycles. The van der Waals surface area contributed by atoms with Crippen LogP contribution in [0.1, 0.15) is 31.2 Å². The van der Waals surface area contributed by atoms with E-state index in [1.807, 2.05) is 6.07 Å². The highest BCUT2D eigenvalue weighted by Gasteiger charge is 2.03. The molecule has 0 fully saturated rings. The third-order valence-electron chi connectivity index (χ3n) is 2.38. The van der Waals surface area contributed by atoms with E-state index in [-0.39, 0.29) is 0 Å². The molecule has 0 spiro atoms. The highest BCUT2D eigenvalue weighted by atomic mass is 16.1. The van der Waals surface area contributed by atoms with E-state index in [4.69, 9.17) is 0 Å². The van der Waals surface area contributed by atoms with Crippen molar-refractivity contribution in [3.8, 4) is 0 Å². The van der Waals surface area contributed by atoms with Crippen molar-refractivity contribution in [1.29, 1.82) is 0 Å². The van der Waals surface area contributed by atoms with E-state index >= 15 is 0 Å². The SMILES string of the molecule is CC(CCCN[C]=O)c1ccccc1. The molecule has 1 aromatic rings.